The summed E-state index contributed by atoms with van der Waals surface area (Å²) in [6, 6.07) is 8.49. The molecule has 3 aliphatic carbocycles. The number of aromatic hydroxyl groups is 1. The van der Waals surface area contributed by atoms with Crippen LogP contribution in [0.25, 0.3) is 11.1 Å². The molecular formula is C25H20FNO7. The van der Waals surface area contributed by atoms with E-state index in [0.29, 0.717) is 16.7 Å². The number of rotatable bonds is 2. The number of phenolic OH excluding ortho intramolecular Hbond substituents is 1. The predicted molar refractivity (Wildman–Crippen MR) is 114 cm³/mol. The number of halogens is 1. The number of benzene rings is 2. The molecular weight excluding hydrogens is 445 g/mol. The Bertz CT molecular complexity index is 1300. The zero-order valence-corrected chi connectivity index (χ0v) is 17.8. The van der Waals surface area contributed by atoms with Crippen molar-refractivity contribution in [2.24, 2.45) is 29.4 Å². The Balaban J connectivity index is 1.61. The lowest BCUT2D eigenvalue weighted by Crippen LogP contribution is -2.68. The number of ketones is 4. The number of Topliss-reactive ketones (excluding diaryl/α,β-unsaturated/α-hetero) is 4. The summed E-state index contributed by atoms with van der Waals surface area (Å²) in [4.78, 5) is 64.0. The molecule has 0 spiro atoms. The highest BCUT2D eigenvalue weighted by Crippen LogP contribution is 2.51. The van der Waals surface area contributed by atoms with Gasteiger partial charge in [-0.3, -0.25) is 24.0 Å². The maximum absolute atomic E-state index is 13.5. The second kappa shape index (κ2) is 7.39. The summed E-state index contributed by atoms with van der Waals surface area (Å²) in [7, 11) is 0. The van der Waals surface area contributed by atoms with Crippen molar-refractivity contribution >= 4 is 29.0 Å². The van der Waals surface area contributed by atoms with Crippen LogP contribution in [0.3, 0.4) is 0 Å². The summed E-state index contributed by atoms with van der Waals surface area (Å²) < 4.78 is 13.4. The number of carbonyl (C=O) groups is 5. The Kier molecular flexibility index (Phi) is 4.80. The average Bonchev–Trinajstić information content (AvgIpc) is 2.77. The SMILES string of the molecule is NC(=O)C1C(=O)C[C@@H]2C[C@@H]3Cc4c(-c5ccc(F)cc5)ccc(O)c4C(=O)C3C(=O)[C@]2(O)C1=O. The highest BCUT2D eigenvalue weighted by atomic mass is 19.1. The van der Waals surface area contributed by atoms with Crippen LogP contribution in [0.15, 0.2) is 36.4 Å². The lowest BCUT2D eigenvalue weighted by Gasteiger charge is -2.48. The molecule has 5 atom stereocenters. The van der Waals surface area contributed by atoms with Gasteiger partial charge in [0.15, 0.2) is 34.7 Å². The van der Waals surface area contributed by atoms with Gasteiger partial charge in [-0.05, 0) is 53.6 Å². The van der Waals surface area contributed by atoms with Crippen molar-refractivity contribution in [1.82, 2.24) is 0 Å². The summed E-state index contributed by atoms with van der Waals surface area (Å²) >= 11 is 0. The second-order valence-corrected chi connectivity index (χ2v) is 9.23. The molecule has 174 valence electrons. The fourth-order valence-corrected chi connectivity index (χ4v) is 5.87. The van der Waals surface area contributed by atoms with Crippen molar-refractivity contribution < 1.29 is 38.6 Å². The van der Waals surface area contributed by atoms with Crippen LogP contribution < -0.4 is 5.73 Å². The molecule has 5 rings (SSSR count). The van der Waals surface area contributed by atoms with Crippen LogP contribution in [0, 0.1) is 29.5 Å². The number of hydrogen-bond donors (Lipinski definition) is 3. The first kappa shape index (κ1) is 22.1. The van der Waals surface area contributed by atoms with E-state index in [9.17, 15) is 38.6 Å². The minimum absolute atomic E-state index is 0.0135. The predicted octanol–water partition coefficient (Wildman–Crippen LogP) is 1.13. The molecule has 1 amide bonds. The van der Waals surface area contributed by atoms with Gasteiger partial charge in [0, 0.05) is 12.3 Å². The molecule has 2 aromatic rings. The molecule has 8 nitrogen and oxygen atoms in total. The van der Waals surface area contributed by atoms with E-state index in [-0.39, 0.29) is 24.2 Å². The Morgan fingerprint density at radius 1 is 1.00 bits per heavy atom. The number of aliphatic hydroxyl groups is 1. The van der Waals surface area contributed by atoms with Gasteiger partial charge in [-0.15, -0.1) is 0 Å². The van der Waals surface area contributed by atoms with Gasteiger partial charge in [0.25, 0.3) is 0 Å². The Morgan fingerprint density at radius 3 is 2.32 bits per heavy atom. The quantitative estimate of drug-likeness (QED) is 0.562. The Labute approximate surface area is 192 Å². The number of fused-ring (bicyclic) bond motifs is 3. The third-order valence-electron chi connectivity index (χ3n) is 7.44. The molecule has 0 radical (unpaired) electrons. The molecule has 3 aliphatic rings. The van der Waals surface area contributed by atoms with Crippen LogP contribution in [0.1, 0.15) is 28.8 Å². The fraction of sp³-hybridized carbons (Fsp3) is 0.320. The normalized spacial score (nSPS) is 30.4. The van der Waals surface area contributed by atoms with Gasteiger partial charge >= 0.3 is 0 Å². The van der Waals surface area contributed by atoms with Gasteiger partial charge in [-0.1, -0.05) is 18.2 Å². The van der Waals surface area contributed by atoms with Crippen molar-refractivity contribution in [1.29, 1.82) is 0 Å². The van der Waals surface area contributed by atoms with Gasteiger partial charge < -0.3 is 15.9 Å². The summed E-state index contributed by atoms with van der Waals surface area (Å²) in [5.41, 5.74) is 4.06. The summed E-state index contributed by atoms with van der Waals surface area (Å²) in [6.45, 7) is 0. The fourth-order valence-electron chi connectivity index (χ4n) is 5.87. The molecule has 9 heteroatoms. The van der Waals surface area contributed by atoms with Crippen LogP contribution >= 0.6 is 0 Å². The molecule has 2 saturated carbocycles. The number of hydrogen-bond acceptors (Lipinski definition) is 7. The van der Waals surface area contributed by atoms with E-state index in [1.54, 1.807) is 6.07 Å². The van der Waals surface area contributed by atoms with Gasteiger partial charge in [-0.2, -0.15) is 0 Å². The third-order valence-corrected chi connectivity index (χ3v) is 7.44. The van der Waals surface area contributed by atoms with E-state index in [4.69, 9.17) is 5.73 Å². The van der Waals surface area contributed by atoms with Crippen LogP contribution in [-0.2, 0) is 25.6 Å². The van der Waals surface area contributed by atoms with Crippen molar-refractivity contribution in [3.63, 3.8) is 0 Å². The zero-order valence-electron chi connectivity index (χ0n) is 17.8. The first-order valence-corrected chi connectivity index (χ1v) is 10.8. The number of phenols is 1. The first-order valence-electron chi connectivity index (χ1n) is 10.8. The second-order valence-electron chi connectivity index (χ2n) is 9.23. The lowest BCUT2D eigenvalue weighted by atomic mass is 9.53. The largest absolute Gasteiger partial charge is 0.507 e. The van der Waals surface area contributed by atoms with Crippen LogP contribution in [-0.4, -0.2) is 44.9 Å². The Hall–Kier alpha value is -3.72. The molecule has 0 aromatic heterocycles. The van der Waals surface area contributed by atoms with Crippen molar-refractivity contribution in [3.05, 3.63) is 53.3 Å². The highest BCUT2D eigenvalue weighted by Gasteiger charge is 2.66. The topological polar surface area (TPSA) is 152 Å². The lowest BCUT2D eigenvalue weighted by molar-refractivity contribution is -0.175. The van der Waals surface area contributed by atoms with E-state index < -0.39 is 70.6 Å². The molecule has 2 aromatic carbocycles. The maximum atomic E-state index is 13.5. The summed E-state index contributed by atoms with van der Waals surface area (Å²) in [6.07, 6.45) is -0.219. The highest BCUT2D eigenvalue weighted by molar-refractivity contribution is 6.31. The minimum Gasteiger partial charge on any atom is -0.507 e. The molecule has 0 heterocycles. The van der Waals surface area contributed by atoms with Crippen LogP contribution in [0.5, 0.6) is 5.75 Å². The van der Waals surface area contributed by atoms with Crippen LogP contribution in [0.2, 0.25) is 0 Å². The number of amides is 1. The molecule has 2 fully saturated rings. The number of nitrogens with two attached hydrogens (primary N) is 1. The van der Waals surface area contributed by atoms with Crippen molar-refractivity contribution in [2.75, 3.05) is 0 Å². The van der Waals surface area contributed by atoms with Crippen molar-refractivity contribution in [3.8, 4) is 16.9 Å². The minimum atomic E-state index is -2.67. The smallest absolute Gasteiger partial charge is 0.235 e. The van der Waals surface area contributed by atoms with Crippen LogP contribution in [0.4, 0.5) is 4.39 Å². The Morgan fingerprint density at radius 2 is 1.68 bits per heavy atom. The van der Waals surface area contributed by atoms with E-state index in [0.717, 1.165) is 0 Å². The van der Waals surface area contributed by atoms with E-state index in [1.807, 2.05) is 0 Å². The van der Waals surface area contributed by atoms with Gasteiger partial charge in [0.1, 0.15) is 11.6 Å². The first-order chi connectivity index (χ1) is 16.1. The van der Waals surface area contributed by atoms with E-state index in [1.165, 1.54) is 30.3 Å². The average molecular weight is 465 g/mol. The monoisotopic (exact) mass is 465 g/mol. The third kappa shape index (κ3) is 2.89. The molecule has 2 unspecified atom stereocenters. The van der Waals surface area contributed by atoms with E-state index in [2.05, 4.69) is 0 Å². The summed E-state index contributed by atoms with van der Waals surface area (Å²) in [5, 5.41) is 21.7. The van der Waals surface area contributed by atoms with Crippen molar-refractivity contribution in [2.45, 2.75) is 24.9 Å². The molecule has 0 saturated heterocycles. The molecule has 4 N–H and O–H groups in total. The van der Waals surface area contributed by atoms with Gasteiger partial charge in [0.2, 0.25) is 5.91 Å². The van der Waals surface area contributed by atoms with E-state index >= 15 is 0 Å². The maximum Gasteiger partial charge on any atom is 0.235 e. The number of carbonyl (C=O) groups excluding carboxylic acids is 5. The zero-order chi connectivity index (χ0) is 24.5. The molecule has 0 aliphatic heterocycles. The number of primary amides is 1. The molecule has 0 bridgehead atoms. The molecule has 34 heavy (non-hydrogen) atoms. The van der Waals surface area contributed by atoms with Gasteiger partial charge in [0.05, 0.1) is 11.5 Å². The summed E-state index contributed by atoms with van der Waals surface area (Å²) in [5.74, 6) is -11.0. The standard InChI is InChI=1S/C25H20FNO7/c26-13-3-1-10(2-4-13)14-5-6-16(28)19-15(14)8-11-7-12-9-17(29)20(24(27)33)23(32)25(12,34)22(31)18(11)21(19)30/h1-6,11-12,18,20,28,34H,7-9H2,(H2,27,33)/t11-,12+,18?,20?,25+/m1/s1. The van der Waals surface area contributed by atoms with Gasteiger partial charge in [-0.25, -0.2) is 4.39 Å².